The quantitative estimate of drug-likeness (QED) is 0.776. The minimum atomic E-state index is -3.29. The molecule has 4 nitrogen and oxygen atoms in total. The number of hydrogen-bond acceptors (Lipinski definition) is 3. The van der Waals surface area contributed by atoms with Gasteiger partial charge in [0.15, 0.2) is 0 Å². The standard InChI is InChI=1S/C10H12ClNO3S/c1-7-6-12(16(2,13)14)9-5-8(11)3-4-10(9)15-7/h3-5,7H,6H2,1-2H3/t7-/m1/s1. The van der Waals surface area contributed by atoms with Gasteiger partial charge >= 0.3 is 0 Å². The number of halogens is 1. The molecular formula is C10H12ClNO3S. The van der Waals surface area contributed by atoms with Crippen LogP contribution in [0, 0.1) is 0 Å². The summed E-state index contributed by atoms with van der Waals surface area (Å²) in [4.78, 5) is 0. The Balaban J connectivity index is 2.56. The van der Waals surface area contributed by atoms with E-state index in [0.29, 0.717) is 23.0 Å². The van der Waals surface area contributed by atoms with Crippen LogP contribution in [0.3, 0.4) is 0 Å². The number of ether oxygens (including phenoxy) is 1. The van der Waals surface area contributed by atoms with Gasteiger partial charge in [-0.3, -0.25) is 4.31 Å². The molecule has 0 spiro atoms. The molecule has 0 saturated carbocycles. The van der Waals surface area contributed by atoms with E-state index in [-0.39, 0.29) is 6.10 Å². The van der Waals surface area contributed by atoms with Crippen LogP contribution in [0.25, 0.3) is 0 Å². The molecule has 2 rings (SSSR count). The van der Waals surface area contributed by atoms with Crippen LogP contribution in [0.4, 0.5) is 5.69 Å². The lowest BCUT2D eigenvalue weighted by molar-refractivity contribution is 0.219. The Morgan fingerprint density at radius 1 is 1.50 bits per heavy atom. The van der Waals surface area contributed by atoms with E-state index >= 15 is 0 Å². The normalized spacial score (nSPS) is 20.2. The second-order valence-electron chi connectivity index (χ2n) is 3.83. The van der Waals surface area contributed by atoms with E-state index in [1.165, 1.54) is 10.6 Å². The molecule has 1 atom stereocenters. The Kier molecular flexibility index (Phi) is 2.75. The zero-order valence-corrected chi connectivity index (χ0v) is 10.5. The second kappa shape index (κ2) is 3.82. The molecule has 0 radical (unpaired) electrons. The number of benzene rings is 1. The van der Waals surface area contributed by atoms with Gasteiger partial charge < -0.3 is 4.74 Å². The first kappa shape index (κ1) is 11.5. The highest BCUT2D eigenvalue weighted by atomic mass is 35.5. The van der Waals surface area contributed by atoms with Gasteiger partial charge in [-0.25, -0.2) is 8.42 Å². The van der Waals surface area contributed by atoms with Crippen LogP contribution in [-0.4, -0.2) is 27.3 Å². The molecule has 0 fully saturated rings. The SMILES string of the molecule is C[C@@H]1CN(S(C)(=O)=O)c2cc(Cl)ccc2O1. The molecule has 1 aliphatic heterocycles. The van der Waals surface area contributed by atoms with Crippen molar-refractivity contribution < 1.29 is 13.2 Å². The molecule has 16 heavy (non-hydrogen) atoms. The van der Waals surface area contributed by atoms with Crippen molar-refractivity contribution in [1.82, 2.24) is 0 Å². The molecule has 0 aromatic heterocycles. The summed E-state index contributed by atoms with van der Waals surface area (Å²) >= 11 is 5.85. The molecule has 0 amide bonds. The van der Waals surface area contributed by atoms with Crippen LogP contribution in [0.2, 0.25) is 5.02 Å². The van der Waals surface area contributed by atoms with Gasteiger partial charge in [0, 0.05) is 5.02 Å². The monoisotopic (exact) mass is 261 g/mol. The molecule has 0 unspecified atom stereocenters. The Morgan fingerprint density at radius 3 is 2.81 bits per heavy atom. The van der Waals surface area contributed by atoms with Crippen molar-refractivity contribution in [3.8, 4) is 5.75 Å². The van der Waals surface area contributed by atoms with Gasteiger partial charge in [0.05, 0.1) is 18.5 Å². The number of hydrogen-bond donors (Lipinski definition) is 0. The zero-order valence-electron chi connectivity index (χ0n) is 8.97. The van der Waals surface area contributed by atoms with Crippen LogP contribution >= 0.6 is 11.6 Å². The van der Waals surface area contributed by atoms with Gasteiger partial charge in [-0.15, -0.1) is 0 Å². The molecule has 0 N–H and O–H groups in total. The summed E-state index contributed by atoms with van der Waals surface area (Å²) in [5.41, 5.74) is 0.508. The topological polar surface area (TPSA) is 46.6 Å². The minimum absolute atomic E-state index is 0.164. The lowest BCUT2D eigenvalue weighted by Crippen LogP contribution is -2.41. The Bertz CT molecular complexity index is 515. The van der Waals surface area contributed by atoms with Crippen molar-refractivity contribution in [2.24, 2.45) is 0 Å². The smallest absolute Gasteiger partial charge is 0.232 e. The molecule has 1 aromatic rings. The van der Waals surface area contributed by atoms with Crippen molar-refractivity contribution >= 4 is 27.3 Å². The summed E-state index contributed by atoms with van der Waals surface area (Å²) in [5, 5.41) is 0.491. The summed E-state index contributed by atoms with van der Waals surface area (Å²) in [7, 11) is -3.29. The van der Waals surface area contributed by atoms with Crippen LogP contribution in [-0.2, 0) is 10.0 Å². The minimum Gasteiger partial charge on any atom is -0.487 e. The molecular weight excluding hydrogens is 250 g/mol. The third-order valence-corrected chi connectivity index (χ3v) is 3.72. The fraction of sp³-hybridized carbons (Fsp3) is 0.400. The van der Waals surface area contributed by atoms with E-state index in [1.807, 2.05) is 6.92 Å². The fourth-order valence-electron chi connectivity index (χ4n) is 1.69. The van der Waals surface area contributed by atoms with Crippen LogP contribution in [0.5, 0.6) is 5.75 Å². The van der Waals surface area contributed by atoms with Crippen molar-refractivity contribution in [3.63, 3.8) is 0 Å². The van der Waals surface area contributed by atoms with Crippen LogP contribution in [0.1, 0.15) is 6.92 Å². The number of fused-ring (bicyclic) bond motifs is 1. The second-order valence-corrected chi connectivity index (χ2v) is 6.18. The highest BCUT2D eigenvalue weighted by Gasteiger charge is 2.28. The summed E-state index contributed by atoms with van der Waals surface area (Å²) in [6.07, 6.45) is 1.01. The van der Waals surface area contributed by atoms with Gasteiger partial charge in [0.2, 0.25) is 10.0 Å². The predicted octanol–water partition coefficient (Wildman–Crippen LogP) is 1.89. The van der Waals surface area contributed by atoms with E-state index < -0.39 is 10.0 Å². The summed E-state index contributed by atoms with van der Waals surface area (Å²) in [5.74, 6) is 0.550. The maximum atomic E-state index is 11.6. The largest absolute Gasteiger partial charge is 0.487 e. The lowest BCUT2D eigenvalue weighted by atomic mass is 10.2. The van der Waals surface area contributed by atoms with Gasteiger partial charge in [-0.2, -0.15) is 0 Å². The fourth-order valence-corrected chi connectivity index (χ4v) is 2.83. The van der Waals surface area contributed by atoms with E-state index in [9.17, 15) is 8.42 Å². The highest BCUT2D eigenvalue weighted by molar-refractivity contribution is 7.92. The zero-order chi connectivity index (χ0) is 11.9. The molecule has 1 aromatic carbocycles. The molecule has 0 aliphatic carbocycles. The highest BCUT2D eigenvalue weighted by Crippen LogP contribution is 2.36. The average Bonchev–Trinajstić information content (AvgIpc) is 2.16. The number of sulfonamides is 1. The summed E-state index contributed by atoms with van der Waals surface area (Å²) < 4.78 is 30.1. The maximum absolute atomic E-state index is 11.6. The third kappa shape index (κ3) is 2.10. The Labute approximate surface area is 99.8 Å². The molecule has 0 saturated heterocycles. The molecule has 0 bridgehead atoms. The first-order valence-corrected chi connectivity index (χ1v) is 7.04. The van der Waals surface area contributed by atoms with Gasteiger partial charge in [0.25, 0.3) is 0 Å². The molecule has 88 valence electrons. The Morgan fingerprint density at radius 2 is 2.19 bits per heavy atom. The van der Waals surface area contributed by atoms with Crippen LogP contribution in [0.15, 0.2) is 18.2 Å². The third-order valence-electron chi connectivity index (χ3n) is 2.34. The van der Waals surface area contributed by atoms with Crippen molar-refractivity contribution in [1.29, 1.82) is 0 Å². The summed E-state index contributed by atoms with van der Waals surface area (Å²) in [6, 6.07) is 4.97. The number of nitrogens with zero attached hydrogens (tertiary/aromatic N) is 1. The maximum Gasteiger partial charge on any atom is 0.232 e. The van der Waals surface area contributed by atoms with E-state index in [4.69, 9.17) is 16.3 Å². The molecule has 6 heteroatoms. The number of rotatable bonds is 1. The van der Waals surface area contributed by atoms with Crippen molar-refractivity contribution in [3.05, 3.63) is 23.2 Å². The van der Waals surface area contributed by atoms with Gasteiger partial charge in [-0.05, 0) is 25.1 Å². The molecule has 1 heterocycles. The van der Waals surface area contributed by atoms with Crippen molar-refractivity contribution in [2.75, 3.05) is 17.1 Å². The summed E-state index contributed by atoms with van der Waals surface area (Å²) in [6.45, 7) is 2.14. The lowest BCUT2D eigenvalue weighted by Gasteiger charge is -2.33. The van der Waals surface area contributed by atoms with E-state index in [0.717, 1.165) is 0 Å². The Hall–Kier alpha value is -0.940. The predicted molar refractivity (Wildman–Crippen MR) is 63.7 cm³/mol. The van der Waals surface area contributed by atoms with E-state index in [1.54, 1.807) is 18.2 Å². The number of anilines is 1. The molecule has 1 aliphatic rings. The average molecular weight is 262 g/mol. The first-order valence-electron chi connectivity index (χ1n) is 4.82. The van der Waals surface area contributed by atoms with Crippen molar-refractivity contribution in [2.45, 2.75) is 13.0 Å². The first-order chi connectivity index (χ1) is 7.38. The van der Waals surface area contributed by atoms with Gasteiger partial charge in [-0.1, -0.05) is 11.6 Å². The van der Waals surface area contributed by atoms with Gasteiger partial charge in [0.1, 0.15) is 11.9 Å². The van der Waals surface area contributed by atoms with E-state index in [2.05, 4.69) is 0 Å². The van der Waals surface area contributed by atoms with Crippen LogP contribution < -0.4 is 9.04 Å².